The number of guanidine groups is 1. The molecule has 0 saturated carbocycles. The van der Waals surface area contributed by atoms with Gasteiger partial charge in [-0.05, 0) is 45.4 Å². The number of alkyl halides is 3. The van der Waals surface area contributed by atoms with E-state index in [-0.39, 0.29) is 6.54 Å². The molecule has 1 unspecified atom stereocenters. The Morgan fingerprint density at radius 3 is 2.41 bits per heavy atom. The molecule has 1 rings (SSSR count). The van der Waals surface area contributed by atoms with Gasteiger partial charge in [0, 0.05) is 12.1 Å². The Kier molecular flexibility index (Phi) is 7.67. The predicted molar refractivity (Wildman–Crippen MR) is 101 cm³/mol. The number of benzene rings is 1. The third-order valence-corrected chi connectivity index (χ3v) is 4.43. The Bertz CT molecular complexity index is 762. The number of nitrogens with one attached hydrogen (secondary N) is 3. The molecule has 0 heterocycles. The predicted octanol–water partition coefficient (Wildman–Crippen LogP) is 2.65. The van der Waals surface area contributed by atoms with Crippen LogP contribution in [0.15, 0.2) is 29.3 Å². The molecular formula is C17H27F3N4O2S. The minimum atomic E-state index is -4.41. The normalized spacial score (nSPS) is 14.7. The summed E-state index contributed by atoms with van der Waals surface area (Å²) in [5, 5.41) is 6.05. The van der Waals surface area contributed by atoms with Crippen LogP contribution in [-0.4, -0.2) is 39.3 Å². The summed E-state index contributed by atoms with van der Waals surface area (Å²) in [6.45, 7) is 7.65. The molecule has 0 bridgehead atoms. The van der Waals surface area contributed by atoms with Crippen LogP contribution >= 0.6 is 0 Å². The summed E-state index contributed by atoms with van der Waals surface area (Å²) >= 11 is 0. The highest BCUT2D eigenvalue weighted by molar-refractivity contribution is 7.88. The first-order valence-electron chi connectivity index (χ1n) is 8.44. The van der Waals surface area contributed by atoms with Gasteiger partial charge >= 0.3 is 6.18 Å². The first-order valence-corrected chi connectivity index (χ1v) is 10.3. The average Bonchev–Trinajstić information content (AvgIpc) is 2.50. The van der Waals surface area contributed by atoms with Gasteiger partial charge in [0.15, 0.2) is 5.96 Å². The summed E-state index contributed by atoms with van der Waals surface area (Å²) in [6, 6.07) is 4.65. The Morgan fingerprint density at radius 2 is 1.89 bits per heavy atom. The molecule has 0 aliphatic rings. The van der Waals surface area contributed by atoms with Gasteiger partial charge in [0.2, 0.25) is 10.0 Å². The molecule has 27 heavy (non-hydrogen) atoms. The van der Waals surface area contributed by atoms with Crippen molar-refractivity contribution in [3.63, 3.8) is 0 Å². The van der Waals surface area contributed by atoms with Crippen LogP contribution in [0.5, 0.6) is 0 Å². The smallest absolute Gasteiger partial charge is 0.357 e. The summed E-state index contributed by atoms with van der Waals surface area (Å²) in [5.74, 6) is 0.380. The van der Waals surface area contributed by atoms with Crippen LogP contribution in [0.1, 0.15) is 44.9 Å². The molecule has 0 aromatic heterocycles. The van der Waals surface area contributed by atoms with Crippen molar-refractivity contribution in [2.45, 2.75) is 45.5 Å². The SMILES string of the molecule is CCNC(=NCC(C)(C)NS(C)(=O)=O)NC(C)c1cccc(C(F)(F)F)c1. The van der Waals surface area contributed by atoms with Crippen LogP contribution in [0.2, 0.25) is 0 Å². The second kappa shape index (κ2) is 8.92. The van der Waals surface area contributed by atoms with Crippen LogP contribution < -0.4 is 15.4 Å². The van der Waals surface area contributed by atoms with Crippen molar-refractivity contribution in [2.24, 2.45) is 4.99 Å². The second-order valence-corrected chi connectivity index (χ2v) is 8.69. The molecule has 0 spiro atoms. The Morgan fingerprint density at radius 1 is 1.26 bits per heavy atom. The number of nitrogens with zero attached hydrogens (tertiary/aromatic N) is 1. The number of rotatable bonds is 7. The highest BCUT2D eigenvalue weighted by Crippen LogP contribution is 2.30. The zero-order chi connectivity index (χ0) is 20.9. The van der Waals surface area contributed by atoms with Gasteiger partial charge in [0.05, 0.1) is 24.4 Å². The molecule has 0 aliphatic carbocycles. The maximum Gasteiger partial charge on any atom is 0.416 e. The maximum absolute atomic E-state index is 12.9. The van der Waals surface area contributed by atoms with E-state index in [9.17, 15) is 21.6 Å². The molecule has 1 aromatic rings. The van der Waals surface area contributed by atoms with Gasteiger partial charge in [0.1, 0.15) is 0 Å². The van der Waals surface area contributed by atoms with Crippen molar-refractivity contribution < 1.29 is 21.6 Å². The molecule has 0 aliphatic heterocycles. The fourth-order valence-corrected chi connectivity index (χ4v) is 3.47. The number of hydrogen-bond donors (Lipinski definition) is 3. The quantitative estimate of drug-likeness (QED) is 0.479. The lowest BCUT2D eigenvalue weighted by Gasteiger charge is -2.24. The van der Waals surface area contributed by atoms with E-state index in [2.05, 4.69) is 20.3 Å². The number of halogens is 3. The van der Waals surface area contributed by atoms with Crippen molar-refractivity contribution in [1.29, 1.82) is 0 Å². The Hall–Kier alpha value is -1.81. The van der Waals surface area contributed by atoms with E-state index in [1.54, 1.807) is 26.8 Å². The summed E-state index contributed by atoms with van der Waals surface area (Å²) < 4.78 is 64.0. The van der Waals surface area contributed by atoms with Crippen molar-refractivity contribution in [3.8, 4) is 0 Å². The second-order valence-electron chi connectivity index (χ2n) is 6.94. The Labute approximate surface area is 158 Å². The molecule has 0 amide bonds. The molecule has 1 aromatic carbocycles. The van der Waals surface area contributed by atoms with Crippen LogP contribution in [0.25, 0.3) is 0 Å². The summed E-state index contributed by atoms with van der Waals surface area (Å²) in [7, 11) is -3.39. The van der Waals surface area contributed by atoms with Gasteiger partial charge < -0.3 is 10.6 Å². The maximum atomic E-state index is 12.9. The zero-order valence-electron chi connectivity index (χ0n) is 16.1. The third-order valence-electron chi connectivity index (χ3n) is 3.51. The third kappa shape index (κ3) is 8.61. The highest BCUT2D eigenvalue weighted by atomic mass is 32.2. The van der Waals surface area contributed by atoms with E-state index >= 15 is 0 Å². The number of sulfonamides is 1. The zero-order valence-corrected chi connectivity index (χ0v) is 16.9. The topological polar surface area (TPSA) is 82.6 Å². The van der Waals surface area contributed by atoms with E-state index in [4.69, 9.17) is 0 Å². The molecule has 0 saturated heterocycles. The summed E-state index contributed by atoms with van der Waals surface area (Å²) in [5.41, 5.74) is -1.06. The molecule has 154 valence electrons. The monoisotopic (exact) mass is 408 g/mol. The molecule has 10 heteroatoms. The van der Waals surface area contributed by atoms with Crippen molar-refractivity contribution in [1.82, 2.24) is 15.4 Å². The van der Waals surface area contributed by atoms with E-state index in [1.807, 2.05) is 6.92 Å². The van der Waals surface area contributed by atoms with Crippen molar-refractivity contribution in [3.05, 3.63) is 35.4 Å². The van der Waals surface area contributed by atoms with Gasteiger partial charge in [-0.2, -0.15) is 13.2 Å². The molecule has 3 N–H and O–H groups in total. The van der Waals surface area contributed by atoms with E-state index in [1.165, 1.54) is 6.07 Å². The van der Waals surface area contributed by atoms with E-state index < -0.39 is 33.3 Å². The molecule has 0 radical (unpaired) electrons. The Balaban J connectivity index is 2.93. The fraction of sp³-hybridized carbons (Fsp3) is 0.588. The fourth-order valence-electron chi connectivity index (χ4n) is 2.40. The largest absolute Gasteiger partial charge is 0.416 e. The minimum absolute atomic E-state index is 0.144. The van der Waals surface area contributed by atoms with Gasteiger partial charge in [0.25, 0.3) is 0 Å². The lowest BCUT2D eigenvalue weighted by Crippen LogP contribution is -2.47. The van der Waals surface area contributed by atoms with Crippen LogP contribution in [-0.2, 0) is 16.2 Å². The van der Waals surface area contributed by atoms with Crippen LogP contribution in [0, 0.1) is 0 Å². The first kappa shape index (κ1) is 23.2. The average molecular weight is 408 g/mol. The highest BCUT2D eigenvalue weighted by Gasteiger charge is 2.30. The molecular weight excluding hydrogens is 381 g/mol. The van der Waals surface area contributed by atoms with Crippen LogP contribution in [0.4, 0.5) is 13.2 Å². The minimum Gasteiger partial charge on any atom is -0.357 e. The van der Waals surface area contributed by atoms with Gasteiger partial charge in [-0.15, -0.1) is 0 Å². The number of hydrogen-bond acceptors (Lipinski definition) is 3. The molecule has 0 fully saturated rings. The van der Waals surface area contributed by atoms with Crippen molar-refractivity contribution >= 4 is 16.0 Å². The summed E-state index contributed by atoms with van der Waals surface area (Å²) in [6.07, 6.45) is -3.34. The van der Waals surface area contributed by atoms with Gasteiger partial charge in [-0.25, -0.2) is 13.1 Å². The standard InChI is InChI=1S/C17H27F3N4O2S/c1-6-21-15(22-11-16(3,4)24-27(5,25)26)23-12(2)13-8-7-9-14(10-13)17(18,19)20/h7-10,12,24H,6,11H2,1-5H3,(H2,21,22,23). The molecule has 6 nitrogen and oxygen atoms in total. The van der Waals surface area contributed by atoms with Crippen LogP contribution in [0.3, 0.4) is 0 Å². The van der Waals surface area contributed by atoms with Gasteiger partial charge in [-0.1, -0.05) is 12.1 Å². The van der Waals surface area contributed by atoms with E-state index in [0.717, 1.165) is 18.4 Å². The van der Waals surface area contributed by atoms with Gasteiger partial charge in [-0.3, -0.25) is 4.99 Å². The lowest BCUT2D eigenvalue weighted by atomic mass is 10.0. The first-order chi connectivity index (χ1) is 12.2. The molecule has 1 atom stereocenters. The lowest BCUT2D eigenvalue weighted by molar-refractivity contribution is -0.137. The van der Waals surface area contributed by atoms with Crippen molar-refractivity contribution in [2.75, 3.05) is 19.3 Å². The van der Waals surface area contributed by atoms with E-state index in [0.29, 0.717) is 18.1 Å². The number of aliphatic imine (C=N–C) groups is 1. The summed E-state index contributed by atoms with van der Waals surface area (Å²) in [4.78, 5) is 4.35.